The van der Waals surface area contributed by atoms with Crippen LogP contribution in [0.25, 0.3) is 16.5 Å². The second-order valence-corrected chi connectivity index (χ2v) is 8.29. The molecule has 31 heavy (non-hydrogen) atoms. The molecule has 0 fully saturated rings. The number of hydrogen-bond acceptors (Lipinski definition) is 6. The Bertz CT molecular complexity index is 1190. The van der Waals surface area contributed by atoms with Crippen LogP contribution in [-0.4, -0.2) is 49.3 Å². The van der Waals surface area contributed by atoms with Crippen molar-refractivity contribution in [3.63, 3.8) is 0 Å². The number of benzene rings is 1. The molecule has 1 aromatic carbocycles. The van der Waals surface area contributed by atoms with Gasteiger partial charge in [-0.25, -0.2) is 14.6 Å². The summed E-state index contributed by atoms with van der Waals surface area (Å²) in [4.78, 5) is 24.7. The quantitative estimate of drug-likeness (QED) is 0.500. The molecular weight excluding hydrogens is 410 g/mol. The zero-order chi connectivity index (χ0) is 22.0. The van der Waals surface area contributed by atoms with Gasteiger partial charge < -0.3 is 10.0 Å². The predicted octanol–water partition coefficient (Wildman–Crippen LogP) is 3.81. The largest absolute Gasteiger partial charge is 0.387 e. The summed E-state index contributed by atoms with van der Waals surface area (Å²) in [6, 6.07) is 13.3. The Morgan fingerprint density at radius 3 is 2.65 bits per heavy atom. The normalized spacial score (nSPS) is 12.0. The predicted molar refractivity (Wildman–Crippen MR) is 120 cm³/mol. The minimum Gasteiger partial charge on any atom is -0.387 e. The molecule has 7 nitrogen and oxygen atoms in total. The van der Waals surface area contributed by atoms with Crippen LogP contribution in [0.1, 0.15) is 33.3 Å². The van der Waals surface area contributed by atoms with Crippen LogP contribution in [-0.2, 0) is 0 Å². The molecule has 0 saturated carbocycles. The van der Waals surface area contributed by atoms with Crippen molar-refractivity contribution in [1.82, 2.24) is 24.6 Å². The SMILES string of the molecule is Cc1cnc(-n2ncc(C(=O)N(C)C[C@H](O)c3ccccc3)c2C)nc1-c1cccs1. The van der Waals surface area contributed by atoms with Gasteiger partial charge in [-0.2, -0.15) is 5.10 Å². The van der Waals surface area contributed by atoms with E-state index in [2.05, 4.69) is 15.1 Å². The van der Waals surface area contributed by atoms with Crippen molar-refractivity contribution >= 4 is 17.2 Å². The number of aliphatic hydroxyl groups excluding tert-OH is 1. The highest BCUT2D eigenvalue weighted by atomic mass is 32.1. The van der Waals surface area contributed by atoms with Crippen LogP contribution in [0, 0.1) is 13.8 Å². The molecule has 3 aromatic heterocycles. The monoisotopic (exact) mass is 433 g/mol. The van der Waals surface area contributed by atoms with Crippen molar-refractivity contribution in [2.45, 2.75) is 20.0 Å². The average molecular weight is 434 g/mol. The maximum atomic E-state index is 13.0. The van der Waals surface area contributed by atoms with Crippen LogP contribution in [0.3, 0.4) is 0 Å². The highest BCUT2D eigenvalue weighted by molar-refractivity contribution is 7.13. The van der Waals surface area contributed by atoms with Gasteiger partial charge in [-0.15, -0.1) is 11.3 Å². The number of aryl methyl sites for hydroxylation is 1. The van der Waals surface area contributed by atoms with Gasteiger partial charge >= 0.3 is 0 Å². The summed E-state index contributed by atoms with van der Waals surface area (Å²) in [5.74, 6) is 0.196. The fourth-order valence-corrected chi connectivity index (χ4v) is 4.13. The van der Waals surface area contributed by atoms with E-state index in [0.29, 0.717) is 17.2 Å². The Labute approximate surface area is 184 Å². The Morgan fingerprint density at radius 1 is 1.16 bits per heavy atom. The minimum absolute atomic E-state index is 0.178. The number of likely N-dealkylation sites (N-methyl/N-ethyl adjacent to an activating group) is 1. The van der Waals surface area contributed by atoms with E-state index in [1.165, 1.54) is 11.1 Å². The summed E-state index contributed by atoms with van der Waals surface area (Å²) in [5, 5.41) is 16.8. The first-order valence-corrected chi connectivity index (χ1v) is 10.7. The van der Waals surface area contributed by atoms with E-state index in [1.807, 2.05) is 61.7 Å². The van der Waals surface area contributed by atoms with Crippen LogP contribution in [0.4, 0.5) is 0 Å². The number of carbonyl (C=O) groups excluding carboxylic acids is 1. The molecule has 8 heteroatoms. The van der Waals surface area contributed by atoms with Crippen molar-refractivity contribution in [3.8, 4) is 16.5 Å². The summed E-state index contributed by atoms with van der Waals surface area (Å²) >= 11 is 1.61. The molecule has 0 radical (unpaired) electrons. The van der Waals surface area contributed by atoms with Crippen molar-refractivity contribution < 1.29 is 9.90 Å². The van der Waals surface area contributed by atoms with Gasteiger partial charge in [-0.05, 0) is 36.4 Å². The lowest BCUT2D eigenvalue weighted by molar-refractivity contribution is 0.0680. The van der Waals surface area contributed by atoms with Gasteiger partial charge in [0.15, 0.2) is 0 Å². The van der Waals surface area contributed by atoms with E-state index in [0.717, 1.165) is 21.7 Å². The molecule has 0 unspecified atom stereocenters. The summed E-state index contributed by atoms with van der Waals surface area (Å²) in [5.41, 5.74) is 3.69. The summed E-state index contributed by atoms with van der Waals surface area (Å²) in [7, 11) is 1.67. The first-order chi connectivity index (χ1) is 15.0. The van der Waals surface area contributed by atoms with Crippen molar-refractivity contribution in [3.05, 3.63) is 82.6 Å². The van der Waals surface area contributed by atoms with Crippen LogP contribution >= 0.6 is 11.3 Å². The molecule has 0 saturated heterocycles. The van der Waals surface area contributed by atoms with Gasteiger partial charge in [0.05, 0.1) is 40.7 Å². The van der Waals surface area contributed by atoms with Gasteiger partial charge in [-0.1, -0.05) is 36.4 Å². The third-order valence-corrected chi connectivity index (χ3v) is 6.00. The molecule has 0 aliphatic heterocycles. The van der Waals surface area contributed by atoms with E-state index in [1.54, 1.807) is 29.3 Å². The molecule has 4 aromatic rings. The Hall–Kier alpha value is -3.36. The number of aromatic nitrogens is 4. The molecule has 0 bridgehead atoms. The van der Waals surface area contributed by atoms with Gasteiger partial charge in [0, 0.05) is 13.2 Å². The molecule has 0 aliphatic carbocycles. The number of amides is 1. The van der Waals surface area contributed by atoms with Gasteiger partial charge in [-0.3, -0.25) is 4.79 Å². The van der Waals surface area contributed by atoms with Crippen LogP contribution in [0.2, 0.25) is 0 Å². The van der Waals surface area contributed by atoms with Crippen LogP contribution in [0.15, 0.2) is 60.2 Å². The van der Waals surface area contributed by atoms with Crippen molar-refractivity contribution in [1.29, 1.82) is 0 Å². The van der Waals surface area contributed by atoms with E-state index in [9.17, 15) is 9.90 Å². The van der Waals surface area contributed by atoms with Gasteiger partial charge in [0.25, 0.3) is 11.9 Å². The molecule has 3 heterocycles. The van der Waals surface area contributed by atoms with Crippen molar-refractivity contribution in [2.24, 2.45) is 0 Å². The van der Waals surface area contributed by atoms with E-state index in [-0.39, 0.29) is 12.5 Å². The van der Waals surface area contributed by atoms with E-state index in [4.69, 9.17) is 0 Å². The fraction of sp³-hybridized carbons (Fsp3) is 0.217. The molecular formula is C23H23N5O2S. The van der Waals surface area contributed by atoms with Crippen molar-refractivity contribution in [2.75, 3.05) is 13.6 Å². The number of nitrogens with zero attached hydrogens (tertiary/aromatic N) is 5. The zero-order valence-corrected chi connectivity index (χ0v) is 18.4. The third-order valence-electron chi connectivity index (χ3n) is 5.12. The average Bonchev–Trinajstić information content (AvgIpc) is 3.44. The Kier molecular flexibility index (Phi) is 5.92. The molecule has 0 aliphatic rings. The molecule has 1 atom stereocenters. The first kappa shape index (κ1) is 20.9. The molecule has 4 rings (SSSR count). The lowest BCUT2D eigenvalue weighted by atomic mass is 10.1. The first-order valence-electron chi connectivity index (χ1n) is 9.86. The lowest BCUT2D eigenvalue weighted by Crippen LogP contribution is -2.31. The number of thiophene rings is 1. The maximum absolute atomic E-state index is 13.0. The summed E-state index contributed by atoms with van der Waals surface area (Å²) < 4.78 is 1.57. The van der Waals surface area contributed by atoms with Crippen LogP contribution < -0.4 is 0 Å². The highest BCUT2D eigenvalue weighted by Gasteiger charge is 2.22. The maximum Gasteiger partial charge on any atom is 0.257 e. The number of hydrogen-bond donors (Lipinski definition) is 1. The molecule has 158 valence electrons. The Balaban J connectivity index is 1.57. The molecule has 1 amide bonds. The molecule has 1 N–H and O–H groups in total. The smallest absolute Gasteiger partial charge is 0.257 e. The van der Waals surface area contributed by atoms with E-state index >= 15 is 0 Å². The van der Waals surface area contributed by atoms with Gasteiger partial charge in [0.2, 0.25) is 0 Å². The highest BCUT2D eigenvalue weighted by Crippen LogP contribution is 2.26. The van der Waals surface area contributed by atoms with E-state index < -0.39 is 6.10 Å². The zero-order valence-electron chi connectivity index (χ0n) is 17.6. The number of rotatable bonds is 6. The fourth-order valence-electron chi connectivity index (χ4n) is 3.35. The topological polar surface area (TPSA) is 84.1 Å². The van der Waals surface area contributed by atoms with Gasteiger partial charge in [0.1, 0.15) is 0 Å². The summed E-state index contributed by atoms with van der Waals surface area (Å²) in [6.07, 6.45) is 2.53. The number of aliphatic hydroxyl groups is 1. The molecule has 0 spiro atoms. The third kappa shape index (κ3) is 4.26. The standard InChI is InChI=1S/C23H23N5O2S/c1-15-12-24-23(26-21(15)20-10-7-11-31-20)28-16(2)18(13-25-28)22(30)27(3)14-19(29)17-8-5-4-6-9-17/h4-13,19,29H,14H2,1-3H3/t19-/m0/s1. The van der Waals surface area contributed by atoms with Crippen LogP contribution in [0.5, 0.6) is 0 Å². The number of carbonyl (C=O) groups is 1. The second kappa shape index (κ2) is 8.79. The second-order valence-electron chi connectivity index (χ2n) is 7.35. The Morgan fingerprint density at radius 2 is 1.94 bits per heavy atom. The summed E-state index contributed by atoms with van der Waals surface area (Å²) in [6.45, 7) is 3.96. The lowest BCUT2D eigenvalue weighted by Gasteiger charge is -2.21. The minimum atomic E-state index is -0.765.